The highest BCUT2D eigenvalue weighted by Gasteiger charge is 2.60. The van der Waals surface area contributed by atoms with Crippen LogP contribution in [-0.2, 0) is 4.84 Å². The summed E-state index contributed by atoms with van der Waals surface area (Å²) >= 11 is 0. The smallest absolute Gasteiger partial charge is 0.313 e. The predicted octanol–water partition coefficient (Wildman–Crippen LogP) is 4.35. The lowest BCUT2D eigenvalue weighted by Crippen LogP contribution is -2.32. The van der Waals surface area contributed by atoms with Crippen molar-refractivity contribution < 1.29 is 9.63 Å². The van der Waals surface area contributed by atoms with Crippen molar-refractivity contribution in [1.29, 1.82) is 0 Å². The van der Waals surface area contributed by atoms with Crippen LogP contribution in [0.3, 0.4) is 0 Å². The maximum absolute atomic E-state index is 12.1. The molecule has 0 heterocycles. The van der Waals surface area contributed by atoms with Gasteiger partial charge in [0.2, 0.25) is 0 Å². The zero-order valence-electron chi connectivity index (χ0n) is 13.3. The van der Waals surface area contributed by atoms with Crippen LogP contribution >= 0.6 is 0 Å². The van der Waals surface area contributed by atoms with Gasteiger partial charge in [0.05, 0.1) is 11.3 Å². The highest BCUT2D eigenvalue weighted by atomic mass is 16.7. The number of rotatable bonds is 2. The predicted molar refractivity (Wildman–Crippen MR) is 83.3 cm³/mol. The lowest BCUT2D eigenvalue weighted by Gasteiger charge is -2.34. The number of hydrogen-bond donors (Lipinski definition) is 0. The maximum atomic E-state index is 12.1. The fraction of sp³-hybridized carbons (Fsp3) is 0.556. The summed E-state index contributed by atoms with van der Waals surface area (Å²) in [5, 5.41) is 4.25. The van der Waals surface area contributed by atoms with Gasteiger partial charge in [0.15, 0.2) is 0 Å². The van der Waals surface area contributed by atoms with Crippen molar-refractivity contribution in [3.05, 3.63) is 35.4 Å². The Bertz CT molecular complexity index is 617. The van der Waals surface area contributed by atoms with E-state index in [0.29, 0.717) is 11.5 Å². The van der Waals surface area contributed by atoms with Crippen LogP contribution in [0.15, 0.2) is 29.4 Å². The Morgan fingerprint density at radius 3 is 2.67 bits per heavy atom. The van der Waals surface area contributed by atoms with Crippen molar-refractivity contribution in [3.8, 4) is 0 Å². The van der Waals surface area contributed by atoms with Crippen LogP contribution in [0, 0.1) is 23.7 Å². The molecule has 0 unspecified atom stereocenters. The molecule has 0 N–H and O–H groups in total. The molecule has 112 valence electrons. The third kappa shape index (κ3) is 2.10. The highest BCUT2D eigenvalue weighted by molar-refractivity contribution is 5.95. The quantitative estimate of drug-likeness (QED) is 0.598. The molecule has 0 aromatic heterocycles. The molecule has 21 heavy (non-hydrogen) atoms. The van der Waals surface area contributed by atoms with Crippen molar-refractivity contribution in [2.75, 3.05) is 0 Å². The van der Waals surface area contributed by atoms with Crippen LogP contribution in [0.1, 0.15) is 56.0 Å². The summed E-state index contributed by atoms with van der Waals surface area (Å²) in [6.45, 7) is 8.85. The molecule has 0 spiro atoms. The Kier molecular flexibility index (Phi) is 3.19. The minimum Gasteiger partial charge on any atom is -0.313 e. The van der Waals surface area contributed by atoms with Crippen molar-refractivity contribution in [2.45, 2.75) is 47.0 Å². The molecule has 2 atom stereocenters. The molecular weight excluding hydrogens is 262 g/mol. The van der Waals surface area contributed by atoms with Gasteiger partial charge < -0.3 is 4.84 Å². The van der Waals surface area contributed by atoms with E-state index in [0.717, 1.165) is 24.1 Å². The van der Waals surface area contributed by atoms with Crippen LogP contribution < -0.4 is 0 Å². The summed E-state index contributed by atoms with van der Waals surface area (Å²) in [6.07, 6.45) is 3.37. The van der Waals surface area contributed by atoms with Crippen LogP contribution in [0.25, 0.3) is 0 Å². The fourth-order valence-corrected chi connectivity index (χ4v) is 3.99. The standard InChI is InChI=1S/C18H23NO2/c1-12-6-5-7-13(10-12)16(20)21-19-15-11-14-8-9-18(15,4)17(14,2)3/h5-7,10,14H,8-9,11H2,1-4H3/b19-15+/t14-,18+/m0/s1. The van der Waals surface area contributed by atoms with Gasteiger partial charge in [0.1, 0.15) is 0 Å². The van der Waals surface area contributed by atoms with E-state index < -0.39 is 0 Å². The first-order valence-corrected chi connectivity index (χ1v) is 7.70. The van der Waals surface area contributed by atoms with E-state index in [4.69, 9.17) is 4.84 Å². The Labute approximate surface area is 126 Å². The number of carbonyl (C=O) groups is 1. The average Bonchev–Trinajstić information content (AvgIpc) is 2.77. The molecule has 3 nitrogen and oxygen atoms in total. The summed E-state index contributed by atoms with van der Waals surface area (Å²) in [6, 6.07) is 7.42. The second-order valence-electron chi connectivity index (χ2n) is 7.28. The molecule has 2 aliphatic rings. The van der Waals surface area contributed by atoms with E-state index in [-0.39, 0.29) is 16.8 Å². The van der Waals surface area contributed by atoms with Crippen molar-refractivity contribution in [2.24, 2.45) is 21.9 Å². The zero-order valence-corrected chi connectivity index (χ0v) is 13.3. The van der Waals surface area contributed by atoms with Crippen molar-refractivity contribution >= 4 is 11.7 Å². The summed E-state index contributed by atoms with van der Waals surface area (Å²) in [5.41, 5.74) is 2.99. The second-order valence-corrected chi connectivity index (χ2v) is 7.28. The molecule has 1 aromatic rings. The first-order chi connectivity index (χ1) is 9.84. The minimum atomic E-state index is -0.365. The number of oxime groups is 1. The first kappa shape index (κ1) is 14.3. The number of carbonyl (C=O) groups excluding carboxylic acids is 1. The fourth-order valence-electron chi connectivity index (χ4n) is 3.99. The number of benzene rings is 1. The Morgan fingerprint density at radius 2 is 2.10 bits per heavy atom. The lowest BCUT2D eigenvalue weighted by atomic mass is 9.70. The van der Waals surface area contributed by atoms with Crippen LogP contribution in [-0.4, -0.2) is 11.7 Å². The number of aryl methyl sites for hydroxylation is 1. The monoisotopic (exact) mass is 285 g/mol. The number of hydrogen-bond acceptors (Lipinski definition) is 3. The molecule has 2 saturated carbocycles. The third-order valence-electron chi connectivity index (χ3n) is 6.00. The summed E-state index contributed by atoms with van der Waals surface area (Å²) in [4.78, 5) is 17.3. The largest absolute Gasteiger partial charge is 0.365 e. The van der Waals surface area contributed by atoms with Crippen molar-refractivity contribution in [1.82, 2.24) is 0 Å². The Hall–Kier alpha value is -1.64. The molecule has 0 aliphatic heterocycles. The summed E-state index contributed by atoms with van der Waals surface area (Å²) in [7, 11) is 0. The van der Waals surface area contributed by atoms with Gasteiger partial charge in [0.25, 0.3) is 0 Å². The van der Waals surface area contributed by atoms with Gasteiger partial charge in [-0.2, -0.15) is 0 Å². The normalized spacial score (nSPS) is 31.6. The van der Waals surface area contributed by atoms with Crippen LogP contribution in [0.5, 0.6) is 0 Å². The molecule has 2 aliphatic carbocycles. The number of fused-ring (bicyclic) bond motifs is 2. The molecule has 3 rings (SSSR count). The van der Waals surface area contributed by atoms with Gasteiger partial charge in [-0.25, -0.2) is 4.79 Å². The second kappa shape index (κ2) is 4.69. The Balaban J connectivity index is 1.77. The maximum Gasteiger partial charge on any atom is 0.365 e. The molecule has 1 aromatic carbocycles. The molecular formula is C18H23NO2. The van der Waals surface area contributed by atoms with Crippen LogP contribution in [0.4, 0.5) is 0 Å². The molecule has 2 fully saturated rings. The molecule has 0 radical (unpaired) electrons. The van der Waals surface area contributed by atoms with Gasteiger partial charge in [-0.15, -0.1) is 0 Å². The lowest BCUT2D eigenvalue weighted by molar-refractivity contribution is 0.0508. The molecule has 0 saturated heterocycles. The van der Waals surface area contributed by atoms with E-state index in [9.17, 15) is 4.79 Å². The van der Waals surface area contributed by atoms with E-state index >= 15 is 0 Å². The topological polar surface area (TPSA) is 38.7 Å². The average molecular weight is 285 g/mol. The van der Waals surface area contributed by atoms with E-state index in [2.05, 4.69) is 25.9 Å². The summed E-state index contributed by atoms with van der Waals surface area (Å²) in [5.74, 6) is 0.300. The van der Waals surface area contributed by atoms with Crippen molar-refractivity contribution in [3.63, 3.8) is 0 Å². The molecule has 2 bridgehead atoms. The molecule has 3 heteroatoms. The SMILES string of the molecule is Cc1cccc(C(=O)O/N=C2\C[C@@H]3CC[C@@]2(C)C3(C)C)c1. The molecule has 0 amide bonds. The van der Waals surface area contributed by atoms with E-state index in [1.165, 1.54) is 6.42 Å². The Morgan fingerprint density at radius 1 is 1.33 bits per heavy atom. The third-order valence-corrected chi connectivity index (χ3v) is 6.00. The van der Waals surface area contributed by atoms with Crippen LogP contribution in [0.2, 0.25) is 0 Å². The van der Waals surface area contributed by atoms with Gasteiger partial charge in [0, 0.05) is 5.41 Å². The first-order valence-electron chi connectivity index (χ1n) is 7.70. The minimum absolute atomic E-state index is 0.0740. The van der Waals surface area contributed by atoms with Gasteiger partial charge in [-0.05, 0) is 49.7 Å². The van der Waals surface area contributed by atoms with Gasteiger partial charge in [-0.3, -0.25) is 0 Å². The number of nitrogens with zero attached hydrogens (tertiary/aromatic N) is 1. The highest BCUT2D eigenvalue weighted by Crippen LogP contribution is 2.63. The zero-order chi connectivity index (χ0) is 15.3. The summed E-state index contributed by atoms with van der Waals surface area (Å²) < 4.78 is 0. The van der Waals surface area contributed by atoms with E-state index in [1.807, 2.05) is 25.1 Å². The van der Waals surface area contributed by atoms with Gasteiger partial charge >= 0.3 is 5.97 Å². The van der Waals surface area contributed by atoms with E-state index in [1.54, 1.807) is 6.07 Å². The van der Waals surface area contributed by atoms with Gasteiger partial charge in [-0.1, -0.05) is 43.6 Å².